The molecule has 0 aliphatic carbocycles. The molecular weight excluding hydrogens is 324 g/mol. The Balaban J connectivity index is 1.84. The lowest BCUT2D eigenvalue weighted by atomic mass is 9.96. The maximum Gasteiger partial charge on any atom is 0.303 e. The molecule has 1 fully saturated rings. The Bertz CT molecular complexity index is 758. The van der Waals surface area contributed by atoms with E-state index in [1.165, 1.54) is 19.2 Å². The maximum atomic E-state index is 12.9. The number of likely N-dealkylation sites (tertiary alicyclic amines) is 1. The summed E-state index contributed by atoms with van der Waals surface area (Å²) in [5.74, 6) is -1.86. The summed E-state index contributed by atoms with van der Waals surface area (Å²) in [6.45, 7) is 0.576. The molecule has 132 valence electrons. The number of nitrogens with zero attached hydrogens (tertiary/aromatic N) is 2. The molecule has 1 aromatic rings. The number of piperidine rings is 1. The molecule has 3 amide bonds. The number of carbonyl (C=O) groups is 4. The molecule has 0 aromatic heterocycles. The van der Waals surface area contributed by atoms with E-state index in [4.69, 9.17) is 5.11 Å². The van der Waals surface area contributed by atoms with Crippen molar-refractivity contribution in [2.24, 2.45) is 0 Å². The summed E-state index contributed by atoms with van der Waals surface area (Å²) in [6.07, 6.45) is 3.07. The van der Waals surface area contributed by atoms with Gasteiger partial charge in [-0.3, -0.25) is 24.1 Å². The third-order valence-electron chi connectivity index (χ3n) is 4.92. The lowest BCUT2D eigenvalue weighted by Crippen LogP contribution is -2.44. The highest BCUT2D eigenvalue weighted by Crippen LogP contribution is 2.26. The Labute approximate surface area is 145 Å². The van der Waals surface area contributed by atoms with Crippen LogP contribution in [-0.4, -0.2) is 58.2 Å². The Kier molecular flexibility index (Phi) is 4.57. The minimum absolute atomic E-state index is 0.0242. The van der Waals surface area contributed by atoms with Crippen LogP contribution in [-0.2, 0) is 4.79 Å². The topological polar surface area (TPSA) is 95.0 Å². The van der Waals surface area contributed by atoms with Crippen molar-refractivity contribution in [3.05, 3.63) is 34.9 Å². The second-order valence-electron chi connectivity index (χ2n) is 6.51. The van der Waals surface area contributed by atoms with E-state index in [2.05, 4.69) is 0 Å². The quantitative estimate of drug-likeness (QED) is 0.840. The van der Waals surface area contributed by atoms with Crippen LogP contribution in [0.2, 0.25) is 0 Å². The standard InChI is InChI=1S/C18H20N2O5/c1-19-17(24)13-7-5-11(10-14(13)18(19)25)16(23)20-9-3-2-4-12(20)6-8-15(21)22/h5,7,10,12H,2-4,6,8-9H2,1H3,(H,21,22). The van der Waals surface area contributed by atoms with Crippen LogP contribution < -0.4 is 0 Å². The van der Waals surface area contributed by atoms with E-state index in [-0.39, 0.29) is 29.8 Å². The molecule has 0 bridgehead atoms. The molecule has 0 saturated carbocycles. The predicted octanol–water partition coefficient (Wildman–Crippen LogP) is 1.77. The average molecular weight is 344 g/mol. The number of carboxylic acid groups (broad SMARTS) is 1. The van der Waals surface area contributed by atoms with Gasteiger partial charge < -0.3 is 10.0 Å². The first-order chi connectivity index (χ1) is 11.9. The number of rotatable bonds is 4. The SMILES string of the molecule is CN1C(=O)c2ccc(C(=O)N3CCCCC3CCC(=O)O)cc2C1=O. The van der Waals surface area contributed by atoms with Crippen molar-refractivity contribution >= 4 is 23.7 Å². The number of carbonyl (C=O) groups excluding carboxylic acids is 3. The van der Waals surface area contributed by atoms with Gasteiger partial charge in [-0.15, -0.1) is 0 Å². The van der Waals surface area contributed by atoms with Crippen LogP contribution in [0.15, 0.2) is 18.2 Å². The van der Waals surface area contributed by atoms with Gasteiger partial charge >= 0.3 is 5.97 Å². The second-order valence-corrected chi connectivity index (χ2v) is 6.51. The van der Waals surface area contributed by atoms with Gasteiger partial charge in [0.2, 0.25) is 0 Å². The summed E-state index contributed by atoms with van der Waals surface area (Å²) in [5, 5.41) is 8.89. The van der Waals surface area contributed by atoms with Gasteiger partial charge in [0.25, 0.3) is 17.7 Å². The molecule has 3 rings (SSSR count). The Morgan fingerprint density at radius 1 is 1.16 bits per heavy atom. The van der Waals surface area contributed by atoms with Crippen LogP contribution >= 0.6 is 0 Å². The molecule has 0 radical (unpaired) electrons. The summed E-state index contributed by atoms with van der Waals surface area (Å²) >= 11 is 0. The van der Waals surface area contributed by atoms with E-state index < -0.39 is 11.9 Å². The smallest absolute Gasteiger partial charge is 0.303 e. The number of amides is 3. The monoisotopic (exact) mass is 344 g/mol. The van der Waals surface area contributed by atoms with Gasteiger partial charge in [0.15, 0.2) is 0 Å². The molecule has 2 aliphatic rings. The van der Waals surface area contributed by atoms with Gasteiger partial charge in [0, 0.05) is 31.6 Å². The molecule has 0 spiro atoms. The normalized spacial score (nSPS) is 20.0. The molecule has 2 heterocycles. The summed E-state index contributed by atoms with van der Waals surface area (Å²) < 4.78 is 0. The van der Waals surface area contributed by atoms with E-state index in [0.717, 1.165) is 24.2 Å². The van der Waals surface area contributed by atoms with Gasteiger partial charge in [-0.25, -0.2) is 0 Å². The van der Waals surface area contributed by atoms with Crippen molar-refractivity contribution in [1.29, 1.82) is 0 Å². The lowest BCUT2D eigenvalue weighted by molar-refractivity contribution is -0.137. The van der Waals surface area contributed by atoms with Crippen LogP contribution in [0.25, 0.3) is 0 Å². The maximum absolute atomic E-state index is 12.9. The molecule has 1 atom stereocenters. The molecule has 7 nitrogen and oxygen atoms in total. The van der Waals surface area contributed by atoms with E-state index in [1.807, 2.05) is 0 Å². The third kappa shape index (κ3) is 3.14. The van der Waals surface area contributed by atoms with Crippen molar-refractivity contribution in [3.63, 3.8) is 0 Å². The first-order valence-electron chi connectivity index (χ1n) is 8.39. The molecule has 1 unspecified atom stereocenters. The highest BCUT2D eigenvalue weighted by Gasteiger charge is 2.34. The highest BCUT2D eigenvalue weighted by atomic mass is 16.4. The van der Waals surface area contributed by atoms with E-state index >= 15 is 0 Å². The summed E-state index contributed by atoms with van der Waals surface area (Å²) in [6, 6.07) is 4.45. The fraction of sp³-hybridized carbons (Fsp3) is 0.444. The Morgan fingerprint density at radius 2 is 1.88 bits per heavy atom. The first kappa shape index (κ1) is 17.1. The zero-order valence-electron chi connectivity index (χ0n) is 14.0. The summed E-state index contributed by atoms with van der Waals surface area (Å²) in [5.41, 5.74) is 0.917. The number of carboxylic acids is 1. The number of hydrogen-bond donors (Lipinski definition) is 1. The number of benzene rings is 1. The average Bonchev–Trinajstić information content (AvgIpc) is 2.83. The fourth-order valence-electron chi connectivity index (χ4n) is 3.52. The number of aliphatic carboxylic acids is 1. The van der Waals surface area contributed by atoms with Crippen molar-refractivity contribution in [1.82, 2.24) is 9.80 Å². The van der Waals surface area contributed by atoms with Gasteiger partial charge in [0.05, 0.1) is 11.1 Å². The van der Waals surface area contributed by atoms with Crippen LogP contribution in [0.1, 0.15) is 63.2 Å². The largest absolute Gasteiger partial charge is 0.481 e. The molecule has 25 heavy (non-hydrogen) atoms. The highest BCUT2D eigenvalue weighted by molar-refractivity contribution is 6.21. The molecule has 1 aromatic carbocycles. The van der Waals surface area contributed by atoms with Gasteiger partial charge in [-0.1, -0.05) is 0 Å². The molecule has 1 saturated heterocycles. The van der Waals surface area contributed by atoms with Crippen molar-refractivity contribution in [2.75, 3.05) is 13.6 Å². The second kappa shape index (κ2) is 6.66. The van der Waals surface area contributed by atoms with Crippen LogP contribution in [0.5, 0.6) is 0 Å². The van der Waals surface area contributed by atoms with Crippen LogP contribution in [0.3, 0.4) is 0 Å². The first-order valence-corrected chi connectivity index (χ1v) is 8.39. The number of imide groups is 1. The Hall–Kier alpha value is -2.70. The number of hydrogen-bond acceptors (Lipinski definition) is 4. The van der Waals surface area contributed by atoms with Crippen molar-refractivity contribution < 1.29 is 24.3 Å². The summed E-state index contributed by atoms with van der Waals surface area (Å²) in [7, 11) is 1.42. The van der Waals surface area contributed by atoms with E-state index in [9.17, 15) is 19.2 Å². The Morgan fingerprint density at radius 3 is 2.60 bits per heavy atom. The molecular formula is C18H20N2O5. The van der Waals surface area contributed by atoms with E-state index in [0.29, 0.717) is 24.1 Å². The zero-order chi connectivity index (χ0) is 18.1. The zero-order valence-corrected chi connectivity index (χ0v) is 14.0. The number of fused-ring (bicyclic) bond motifs is 1. The van der Waals surface area contributed by atoms with Crippen LogP contribution in [0.4, 0.5) is 0 Å². The fourth-order valence-corrected chi connectivity index (χ4v) is 3.52. The van der Waals surface area contributed by atoms with Gasteiger partial charge in [0.1, 0.15) is 0 Å². The van der Waals surface area contributed by atoms with E-state index in [1.54, 1.807) is 11.0 Å². The minimum atomic E-state index is -0.873. The van der Waals surface area contributed by atoms with Gasteiger partial charge in [-0.05, 0) is 43.9 Å². The lowest BCUT2D eigenvalue weighted by Gasteiger charge is -2.35. The third-order valence-corrected chi connectivity index (χ3v) is 4.92. The molecule has 7 heteroatoms. The van der Waals surface area contributed by atoms with Gasteiger partial charge in [-0.2, -0.15) is 0 Å². The molecule has 1 N–H and O–H groups in total. The minimum Gasteiger partial charge on any atom is -0.481 e. The van der Waals surface area contributed by atoms with Crippen LogP contribution in [0, 0.1) is 0 Å². The van der Waals surface area contributed by atoms with Crippen molar-refractivity contribution in [3.8, 4) is 0 Å². The predicted molar refractivity (Wildman–Crippen MR) is 88.4 cm³/mol. The molecule has 2 aliphatic heterocycles. The summed E-state index contributed by atoms with van der Waals surface area (Å²) in [4.78, 5) is 50.5. The van der Waals surface area contributed by atoms with Crippen molar-refractivity contribution in [2.45, 2.75) is 38.1 Å².